The van der Waals surface area contributed by atoms with Crippen LogP contribution in [0, 0.1) is 0 Å². The molecule has 32 heavy (non-hydrogen) atoms. The highest BCUT2D eigenvalue weighted by Gasteiger charge is 2.10. The van der Waals surface area contributed by atoms with Crippen LogP contribution in [-0.2, 0) is 0 Å². The summed E-state index contributed by atoms with van der Waals surface area (Å²) in [6, 6.07) is 7.90. The molecule has 0 aliphatic carbocycles. The van der Waals surface area contributed by atoms with Crippen LogP contribution in [0.5, 0.6) is 12.0 Å². The van der Waals surface area contributed by atoms with Crippen molar-refractivity contribution < 1.29 is 9.47 Å². The molecule has 0 aliphatic heterocycles. The fourth-order valence-electron chi connectivity index (χ4n) is 3.20. The van der Waals surface area contributed by atoms with E-state index in [1.54, 1.807) is 0 Å². The van der Waals surface area contributed by atoms with Gasteiger partial charge in [-0.15, -0.1) is 4.98 Å². The van der Waals surface area contributed by atoms with Crippen LogP contribution in [0.2, 0.25) is 0 Å². The standard InChI is InChI=1S/C23H39N7O2/c1-5-29(6-2)15-9-17-31-22-26-21(25-20-13-11-19(24)12-14-20)27-23(28-22)32-18-10-16-30(7-3)8-4/h11-14H,5-10,15-18,24H2,1-4H3,(H,25,26,27,28). The Morgan fingerprint density at radius 3 is 1.66 bits per heavy atom. The van der Waals surface area contributed by atoms with Crippen LogP contribution in [0.1, 0.15) is 40.5 Å². The summed E-state index contributed by atoms with van der Waals surface area (Å²) in [7, 11) is 0. The number of rotatable bonds is 16. The lowest BCUT2D eigenvalue weighted by atomic mass is 10.3. The fraction of sp³-hybridized carbons (Fsp3) is 0.609. The van der Waals surface area contributed by atoms with E-state index >= 15 is 0 Å². The molecule has 0 atom stereocenters. The van der Waals surface area contributed by atoms with Gasteiger partial charge < -0.3 is 30.3 Å². The summed E-state index contributed by atoms with van der Waals surface area (Å²) in [5.41, 5.74) is 7.29. The molecular formula is C23H39N7O2. The number of nitrogen functional groups attached to an aromatic ring is 1. The van der Waals surface area contributed by atoms with Crippen molar-refractivity contribution in [1.82, 2.24) is 24.8 Å². The predicted molar refractivity (Wildman–Crippen MR) is 130 cm³/mol. The summed E-state index contributed by atoms with van der Waals surface area (Å²) in [6.07, 6.45) is 1.79. The zero-order valence-corrected chi connectivity index (χ0v) is 20.0. The Hall–Kier alpha value is -2.65. The van der Waals surface area contributed by atoms with Gasteiger partial charge in [0, 0.05) is 24.5 Å². The van der Waals surface area contributed by atoms with Gasteiger partial charge in [0.2, 0.25) is 5.95 Å². The first-order valence-corrected chi connectivity index (χ1v) is 11.7. The molecule has 9 heteroatoms. The first kappa shape index (κ1) is 25.6. The molecule has 178 valence electrons. The fourth-order valence-corrected chi connectivity index (χ4v) is 3.20. The highest BCUT2D eigenvalue weighted by atomic mass is 16.5. The number of hydrogen-bond donors (Lipinski definition) is 2. The van der Waals surface area contributed by atoms with Crippen LogP contribution in [0.25, 0.3) is 0 Å². The maximum absolute atomic E-state index is 5.83. The monoisotopic (exact) mass is 445 g/mol. The largest absolute Gasteiger partial charge is 0.463 e. The van der Waals surface area contributed by atoms with Gasteiger partial charge in [-0.2, -0.15) is 9.97 Å². The van der Waals surface area contributed by atoms with Crippen LogP contribution in [0.4, 0.5) is 17.3 Å². The Labute approximate surface area is 192 Å². The van der Waals surface area contributed by atoms with Crippen molar-refractivity contribution >= 4 is 17.3 Å². The predicted octanol–water partition coefficient (Wildman–Crippen LogP) is 3.42. The Bertz CT molecular complexity index is 727. The average molecular weight is 446 g/mol. The number of anilines is 3. The maximum Gasteiger partial charge on any atom is 0.324 e. The van der Waals surface area contributed by atoms with E-state index in [2.05, 4.69) is 57.8 Å². The van der Waals surface area contributed by atoms with E-state index < -0.39 is 0 Å². The van der Waals surface area contributed by atoms with Crippen LogP contribution in [0.15, 0.2) is 24.3 Å². The van der Waals surface area contributed by atoms with E-state index in [-0.39, 0.29) is 12.0 Å². The van der Waals surface area contributed by atoms with Crippen LogP contribution in [0.3, 0.4) is 0 Å². The third kappa shape index (κ3) is 9.23. The second kappa shape index (κ2) is 14.4. The summed E-state index contributed by atoms with van der Waals surface area (Å²) in [5, 5.41) is 3.17. The molecule has 0 radical (unpaired) electrons. The van der Waals surface area contributed by atoms with Crippen molar-refractivity contribution in [3.05, 3.63) is 24.3 Å². The van der Waals surface area contributed by atoms with Gasteiger partial charge >= 0.3 is 12.0 Å². The molecule has 1 aromatic heterocycles. The molecule has 1 heterocycles. The molecule has 3 N–H and O–H groups in total. The Balaban J connectivity index is 2.00. The molecule has 0 fully saturated rings. The molecule has 2 rings (SSSR count). The van der Waals surface area contributed by atoms with Gasteiger partial charge in [-0.05, 0) is 63.3 Å². The highest BCUT2D eigenvalue weighted by Crippen LogP contribution is 2.19. The molecule has 0 spiro atoms. The minimum absolute atomic E-state index is 0.260. The normalized spacial score (nSPS) is 11.2. The van der Waals surface area contributed by atoms with Crippen molar-refractivity contribution in [2.45, 2.75) is 40.5 Å². The number of hydrogen-bond acceptors (Lipinski definition) is 9. The minimum Gasteiger partial charge on any atom is -0.463 e. The Morgan fingerprint density at radius 2 is 1.22 bits per heavy atom. The van der Waals surface area contributed by atoms with E-state index in [1.807, 2.05) is 24.3 Å². The van der Waals surface area contributed by atoms with E-state index in [0.717, 1.165) is 57.8 Å². The molecule has 9 nitrogen and oxygen atoms in total. The molecule has 1 aromatic carbocycles. The van der Waals surface area contributed by atoms with Crippen molar-refractivity contribution in [2.24, 2.45) is 0 Å². The summed E-state index contributed by atoms with van der Waals surface area (Å²) in [4.78, 5) is 17.9. The summed E-state index contributed by atoms with van der Waals surface area (Å²) < 4.78 is 11.7. The third-order valence-electron chi connectivity index (χ3n) is 5.25. The maximum atomic E-state index is 5.83. The lowest BCUT2D eigenvalue weighted by Crippen LogP contribution is -2.25. The third-order valence-corrected chi connectivity index (χ3v) is 5.25. The first-order chi connectivity index (χ1) is 15.6. The smallest absolute Gasteiger partial charge is 0.324 e. The second-order valence-electron chi connectivity index (χ2n) is 7.43. The van der Waals surface area contributed by atoms with Crippen molar-refractivity contribution in [3.63, 3.8) is 0 Å². The van der Waals surface area contributed by atoms with Crippen LogP contribution < -0.4 is 20.5 Å². The van der Waals surface area contributed by atoms with Gasteiger partial charge in [-0.3, -0.25) is 0 Å². The quantitative estimate of drug-likeness (QED) is 0.297. The van der Waals surface area contributed by atoms with E-state index in [9.17, 15) is 0 Å². The zero-order chi connectivity index (χ0) is 23.2. The summed E-state index contributed by atoms with van der Waals surface area (Å²) in [5.74, 6) is 0.377. The second-order valence-corrected chi connectivity index (χ2v) is 7.43. The lowest BCUT2D eigenvalue weighted by Gasteiger charge is -2.18. The van der Waals surface area contributed by atoms with Gasteiger partial charge in [0.1, 0.15) is 0 Å². The molecule has 0 amide bonds. The first-order valence-electron chi connectivity index (χ1n) is 11.7. The molecule has 0 saturated carbocycles. The van der Waals surface area contributed by atoms with E-state index in [4.69, 9.17) is 15.2 Å². The van der Waals surface area contributed by atoms with Crippen molar-refractivity contribution in [1.29, 1.82) is 0 Å². The Kier molecular flexibility index (Phi) is 11.5. The molecular weight excluding hydrogens is 406 g/mol. The van der Waals surface area contributed by atoms with Crippen LogP contribution in [-0.4, -0.2) is 77.2 Å². The molecule has 0 unspecified atom stereocenters. The van der Waals surface area contributed by atoms with Gasteiger partial charge in [-0.25, -0.2) is 0 Å². The van der Waals surface area contributed by atoms with Gasteiger partial charge in [-0.1, -0.05) is 27.7 Å². The number of ether oxygens (including phenoxy) is 2. The van der Waals surface area contributed by atoms with E-state index in [0.29, 0.717) is 24.8 Å². The van der Waals surface area contributed by atoms with Crippen LogP contribution >= 0.6 is 0 Å². The average Bonchev–Trinajstić information content (AvgIpc) is 2.81. The van der Waals surface area contributed by atoms with Crippen molar-refractivity contribution in [2.75, 3.05) is 63.5 Å². The number of aromatic nitrogens is 3. The van der Waals surface area contributed by atoms with Gasteiger partial charge in [0.05, 0.1) is 13.2 Å². The lowest BCUT2D eigenvalue weighted by molar-refractivity contribution is 0.223. The number of nitrogens with two attached hydrogens (primary N) is 1. The SMILES string of the molecule is CCN(CC)CCCOc1nc(Nc2ccc(N)cc2)nc(OCCCN(CC)CC)n1. The zero-order valence-electron chi connectivity index (χ0n) is 20.0. The highest BCUT2D eigenvalue weighted by molar-refractivity contribution is 5.57. The summed E-state index contributed by atoms with van der Waals surface area (Å²) in [6.45, 7) is 15.8. The topological polar surface area (TPSA) is 102 Å². The van der Waals surface area contributed by atoms with E-state index in [1.165, 1.54) is 0 Å². The molecule has 2 aromatic rings. The van der Waals surface area contributed by atoms with Crippen molar-refractivity contribution in [3.8, 4) is 12.0 Å². The number of nitrogens with one attached hydrogen (secondary N) is 1. The number of benzene rings is 1. The molecule has 0 bridgehead atoms. The van der Waals surface area contributed by atoms with Gasteiger partial charge in [0.15, 0.2) is 0 Å². The minimum atomic E-state index is 0.260. The molecule has 0 saturated heterocycles. The summed E-state index contributed by atoms with van der Waals surface area (Å²) >= 11 is 0. The Morgan fingerprint density at radius 1 is 0.750 bits per heavy atom. The number of nitrogens with zero attached hydrogens (tertiary/aromatic N) is 5. The van der Waals surface area contributed by atoms with Gasteiger partial charge in [0.25, 0.3) is 0 Å². The molecule has 0 aliphatic rings.